The van der Waals surface area contributed by atoms with E-state index in [1.807, 2.05) is 0 Å². The lowest BCUT2D eigenvalue weighted by molar-refractivity contribution is -0.126. The fourth-order valence-electron chi connectivity index (χ4n) is 3.31. The SMILES string of the molecule is O=C1NC2=C(C(=O)N(Cc3ccc(F)cc3)C2)[C@H](c2ccc(Cl)c(Cl)c2)N1. The molecule has 0 bridgehead atoms. The van der Waals surface area contributed by atoms with Crippen molar-refractivity contribution in [1.29, 1.82) is 0 Å². The number of benzene rings is 2. The van der Waals surface area contributed by atoms with E-state index in [2.05, 4.69) is 10.6 Å². The van der Waals surface area contributed by atoms with Crippen molar-refractivity contribution in [3.63, 3.8) is 0 Å². The number of hydrogen-bond donors (Lipinski definition) is 2. The molecule has 0 radical (unpaired) electrons. The second kappa shape index (κ2) is 6.87. The molecule has 3 amide bonds. The molecule has 0 aliphatic carbocycles. The highest BCUT2D eigenvalue weighted by molar-refractivity contribution is 6.42. The van der Waals surface area contributed by atoms with E-state index in [0.29, 0.717) is 33.4 Å². The molecule has 4 rings (SSSR count). The Morgan fingerprint density at radius 3 is 2.52 bits per heavy atom. The van der Waals surface area contributed by atoms with Crippen LogP contribution in [0.15, 0.2) is 53.7 Å². The van der Waals surface area contributed by atoms with Gasteiger partial charge in [0.2, 0.25) is 0 Å². The van der Waals surface area contributed by atoms with Crippen LogP contribution in [0.3, 0.4) is 0 Å². The summed E-state index contributed by atoms with van der Waals surface area (Å²) < 4.78 is 13.1. The average Bonchev–Trinajstić information content (AvgIpc) is 2.94. The van der Waals surface area contributed by atoms with E-state index in [1.165, 1.54) is 12.1 Å². The minimum atomic E-state index is -0.616. The van der Waals surface area contributed by atoms with Gasteiger partial charge in [0, 0.05) is 6.54 Å². The third kappa shape index (κ3) is 3.38. The number of amides is 3. The number of nitrogens with one attached hydrogen (secondary N) is 2. The number of urea groups is 1. The van der Waals surface area contributed by atoms with Gasteiger partial charge in [-0.1, -0.05) is 41.4 Å². The molecule has 8 heteroatoms. The minimum Gasteiger partial charge on any atom is -0.329 e. The number of halogens is 3. The maximum Gasteiger partial charge on any atom is 0.319 e. The summed E-state index contributed by atoms with van der Waals surface area (Å²) in [5.74, 6) is -0.530. The Morgan fingerprint density at radius 2 is 1.81 bits per heavy atom. The molecule has 1 atom stereocenters. The predicted molar refractivity (Wildman–Crippen MR) is 99.7 cm³/mol. The molecule has 2 aromatic rings. The maximum atomic E-state index is 13.1. The van der Waals surface area contributed by atoms with Crippen molar-refractivity contribution in [2.45, 2.75) is 12.6 Å². The lowest BCUT2D eigenvalue weighted by Crippen LogP contribution is -2.44. The molecule has 0 aromatic heterocycles. The average molecular weight is 406 g/mol. The Balaban J connectivity index is 1.63. The van der Waals surface area contributed by atoms with E-state index in [9.17, 15) is 14.0 Å². The molecule has 2 aromatic carbocycles. The lowest BCUT2D eigenvalue weighted by Gasteiger charge is -2.25. The fraction of sp³-hybridized carbons (Fsp3) is 0.158. The Labute approximate surface area is 164 Å². The zero-order valence-corrected chi connectivity index (χ0v) is 15.4. The van der Waals surface area contributed by atoms with Gasteiger partial charge in [-0.15, -0.1) is 0 Å². The largest absolute Gasteiger partial charge is 0.329 e. The van der Waals surface area contributed by atoms with Crippen molar-refractivity contribution < 1.29 is 14.0 Å². The van der Waals surface area contributed by atoms with Crippen molar-refractivity contribution in [2.24, 2.45) is 0 Å². The first-order chi connectivity index (χ1) is 12.9. The van der Waals surface area contributed by atoms with E-state index in [1.54, 1.807) is 35.2 Å². The van der Waals surface area contributed by atoms with Crippen LogP contribution >= 0.6 is 23.2 Å². The van der Waals surface area contributed by atoms with Crippen LogP contribution in [0, 0.1) is 5.82 Å². The Bertz CT molecular complexity index is 975. The third-order valence-electron chi connectivity index (χ3n) is 4.58. The van der Waals surface area contributed by atoms with Crippen LogP contribution in [0.2, 0.25) is 10.0 Å². The monoisotopic (exact) mass is 405 g/mol. The summed E-state index contributed by atoms with van der Waals surface area (Å²) in [5.41, 5.74) is 2.50. The molecule has 2 N–H and O–H groups in total. The number of hydrogen-bond acceptors (Lipinski definition) is 2. The van der Waals surface area contributed by atoms with Crippen LogP contribution in [0.1, 0.15) is 17.2 Å². The van der Waals surface area contributed by atoms with Crippen LogP contribution < -0.4 is 10.6 Å². The summed E-state index contributed by atoms with van der Waals surface area (Å²) in [6, 6.07) is 9.96. The standard InChI is InChI=1S/C19H14Cl2FN3O2/c20-13-6-3-11(7-14(13)21)17-16-15(23-19(27)24-17)9-25(18(16)26)8-10-1-4-12(22)5-2-10/h1-7,17H,8-9H2,(H2,23,24,27)/t17-/m0/s1. The van der Waals surface area contributed by atoms with Crippen molar-refractivity contribution in [3.05, 3.63) is 80.7 Å². The predicted octanol–water partition coefficient (Wildman–Crippen LogP) is 3.78. The summed E-state index contributed by atoms with van der Waals surface area (Å²) in [7, 11) is 0. The lowest BCUT2D eigenvalue weighted by atomic mass is 9.96. The first kappa shape index (κ1) is 17.8. The zero-order valence-electron chi connectivity index (χ0n) is 13.9. The van der Waals surface area contributed by atoms with E-state index >= 15 is 0 Å². The van der Waals surface area contributed by atoms with E-state index in [0.717, 1.165) is 5.56 Å². The van der Waals surface area contributed by atoms with Gasteiger partial charge in [-0.3, -0.25) is 4.79 Å². The van der Waals surface area contributed by atoms with Crippen molar-refractivity contribution in [2.75, 3.05) is 6.54 Å². The van der Waals surface area contributed by atoms with Crippen LogP contribution in [0.4, 0.5) is 9.18 Å². The Kier molecular flexibility index (Phi) is 4.53. The Hall–Kier alpha value is -2.57. The molecule has 0 fully saturated rings. The van der Waals surface area contributed by atoms with Crippen molar-refractivity contribution in [1.82, 2.24) is 15.5 Å². The molecule has 0 saturated carbocycles. The zero-order chi connectivity index (χ0) is 19.1. The van der Waals surface area contributed by atoms with Gasteiger partial charge >= 0.3 is 6.03 Å². The second-order valence-corrected chi connectivity index (χ2v) is 7.20. The van der Waals surface area contributed by atoms with Gasteiger partial charge in [-0.25, -0.2) is 9.18 Å². The van der Waals surface area contributed by atoms with Gasteiger partial charge in [0.25, 0.3) is 5.91 Å². The van der Waals surface area contributed by atoms with Crippen LogP contribution in [-0.2, 0) is 11.3 Å². The molecule has 2 aliphatic heterocycles. The summed E-state index contributed by atoms with van der Waals surface area (Å²) in [5, 5.41) is 6.21. The maximum absolute atomic E-state index is 13.1. The molecule has 27 heavy (non-hydrogen) atoms. The van der Waals surface area contributed by atoms with Crippen LogP contribution in [0.5, 0.6) is 0 Å². The van der Waals surface area contributed by atoms with Gasteiger partial charge in [-0.05, 0) is 35.4 Å². The van der Waals surface area contributed by atoms with Gasteiger partial charge < -0.3 is 15.5 Å². The van der Waals surface area contributed by atoms with E-state index < -0.39 is 6.04 Å². The van der Waals surface area contributed by atoms with E-state index in [4.69, 9.17) is 23.2 Å². The highest BCUT2D eigenvalue weighted by Crippen LogP contribution is 2.35. The number of nitrogens with zero attached hydrogens (tertiary/aromatic N) is 1. The molecular formula is C19H14Cl2FN3O2. The number of rotatable bonds is 3. The van der Waals surface area contributed by atoms with Crippen molar-refractivity contribution in [3.8, 4) is 0 Å². The van der Waals surface area contributed by atoms with Gasteiger partial charge in [0.05, 0.1) is 33.9 Å². The second-order valence-electron chi connectivity index (χ2n) is 6.38. The molecular weight excluding hydrogens is 392 g/mol. The highest BCUT2D eigenvalue weighted by atomic mass is 35.5. The van der Waals surface area contributed by atoms with Crippen molar-refractivity contribution >= 4 is 35.1 Å². The molecule has 2 heterocycles. The molecule has 138 valence electrons. The minimum absolute atomic E-state index is 0.196. The molecule has 2 aliphatic rings. The van der Waals surface area contributed by atoms with Crippen LogP contribution in [-0.4, -0.2) is 23.4 Å². The Morgan fingerprint density at radius 1 is 1.07 bits per heavy atom. The number of carbonyl (C=O) groups is 2. The van der Waals surface area contributed by atoms with E-state index in [-0.39, 0.29) is 24.3 Å². The molecule has 5 nitrogen and oxygen atoms in total. The smallest absolute Gasteiger partial charge is 0.319 e. The highest BCUT2D eigenvalue weighted by Gasteiger charge is 2.40. The molecule has 0 unspecified atom stereocenters. The quantitative estimate of drug-likeness (QED) is 0.815. The molecule has 0 saturated heterocycles. The van der Waals surface area contributed by atoms with Crippen LogP contribution in [0.25, 0.3) is 0 Å². The summed E-state index contributed by atoms with van der Waals surface area (Å²) in [6.45, 7) is 0.590. The normalized spacial score (nSPS) is 19.1. The summed E-state index contributed by atoms with van der Waals surface area (Å²) in [4.78, 5) is 26.7. The summed E-state index contributed by atoms with van der Waals surface area (Å²) in [6.07, 6.45) is 0. The first-order valence-electron chi connectivity index (χ1n) is 8.21. The number of carbonyl (C=O) groups excluding carboxylic acids is 2. The fourth-order valence-corrected chi connectivity index (χ4v) is 3.61. The van der Waals surface area contributed by atoms with Gasteiger partial charge in [0.15, 0.2) is 0 Å². The molecule has 0 spiro atoms. The van der Waals surface area contributed by atoms with Gasteiger partial charge in [-0.2, -0.15) is 0 Å². The first-order valence-corrected chi connectivity index (χ1v) is 8.97. The summed E-state index contributed by atoms with van der Waals surface area (Å²) >= 11 is 12.1. The van der Waals surface area contributed by atoms with Gasteiger partial charge in [0.1, 0.15) is 5.82 Å². The topological polar surface area (TPSA) is 61.4 Å². The third-order valence-corrected chi connectivity index (χ3v) is 5.32.